The van der Waals surface area contributed by atoms with Crippen molar-refractivity contribution in [1.29, 1.82) is 0 Å². The molecule has 7 rings (SSSR count). The van der Waals surface area contributed by atoms with Crippen LogP contribution in [0.4, 0.5) is 10.1 Å². The third-order valence-electron chi connectivity index (χ3n) is 7.66. The molecule has 4 heterocycles. The number of rotatable bonds is 12. The smallest absolute Gasteiger partial charge is 0.160 e. The lowest BCUT2D eigenvalue weighted by Crippen LogP contribution is -2.19. The van der Waals surface area contributed by atoms with E-state index in [0.717, 1.165) is 52.4 Å². The van der Waals surface area contributed by atoms with Crippen molar-refractivity contribution in [2.75, 3.05) is 45.9 Å². The summed E-state index contributed by atoms with van der Waals surface area (Å²) in [5.74, 6) is 1.36. The molecule has 1 aliphatic carbocycles. The number of ether oxygens (including phenoxy) is 2. The largest absolute Gasteiger partial charge is 0.492 e. The van der Waals surface area contributed by atoms with Gasteiger partial charge >= 0.3 is 0 Å². The van der Waals surface area contributed by atoms with E-state index in [0.29, 0.717) is 47.3 Å². The molecule has 4 aromatic heterocycles. The summed E-state index contributed by atoms with van der Waals surface area (Å²) < 4.78 is 26.2. The van der Waals surface area contributed by atoms with Crippen LogP contribution in [0, 0.1) is 11.7 Å². The molecule has 44 heavy (non-hydrogen) atoms. The molecule has 0 radical (unpaired) electrons. The van der Waals surface area contributed by atoms with Gasteiger partial charge in [-0.3, -0.25) is 10.1 Å². The monoisotopic (exact) mass is 592 g/mol. The molecule has 0 bridgehead atoms. The summed E-state index contributed by atoms with van der Waals surface area (Å²) in [4.78, 5) is 19.2. The van der Waals surface area contributed by atoms with Gasteiger partial charge in [-0.1, -0.05) is 6.07 Å². The molecule has 0 unspecified atom stereocenters. The Morgan fingerprint density at radius 2 is 1.93 bits per heavy atom. The summed E-state index contributed by atoms with van der Waals surface area (Å²) in [6.07, 6.45) is 7.85. The maximum absolute atomic E-state index is 14.7. The van der Waals surface area contributed by atoms with Gasteiger partial charge < -0.3 is 24.7 Å². The van der Waals surface area contributed by atoms with E-state index < -0.39 is 0 Å². The molecule has 0 atom stereocenters. The van der Waals surface area contributed by atoms with Crippen molar-refractivity contribution in [3.8, 4) is 39.5 Å². The summed E-state index contributed by atoms with van der Waals surface area (Å²) in [5.41, 5.74) is 6.98. The number of pyridine rings is 2. The maximum Gasteiger partial charge on any atom is 0.160 e. The average molecular weight is 593 g/mol. The van der Waals surface area contributed by atoms with E-state index in [9.17, 15) is 4.39 Å². The Labute approximate surface area is 253 Å². The summed E-state index contributed by atoms with van der Waals surface area (Å²) in [5, 5.41) is 11.9. The summed E-state index contributed by atoms with van der Waals surface area (Å²) in [6.45, 7) is 2.43. The van der Waals surface area contributed by atoms with Gasteiger partial charge in [-0.05, 0) is 80.4 Å². The fourth-order valence-corrected chi connectivity index (χ4v) is 5.12. The summed E-state index contributed by atoms with van der Waals surface area (Å²) in [6, 6.07) is 14.7. The van der Waals surface area contributed by atoms with Crippen LogP contribution in [0.25, 0.3) is 55.8 Å². The number of anilines is 1. The molecule has 0 aliphatic heterocycles. The van der Waals surface area contributed by atoms with Crippen molar-refractivity contribution < 1.29 is 13.9 Å². The average Bonchev–Trinajstić information content (AvgIpc) is 3.58. The fraction of sp³-hybridized carbons (Fsp3) is 0.273. The van der Waals surface area contributed by atoms with Crippen LogP contribution in [0.3, 0.4) is 0 Å². The van der Waals surface area contributed by atoms with Crippen molar-refractivity contribution in [3.05, 3.63) is 72.9 Å². The number of nitrogens with zero attached hydrogens (tertiary/aromatic N) is 5. The van der Waals surface area contributed by atoms with E-state index >= 15 is 0 Å². The van der Waals surface area contributed by atoms with E-state index in [1.54, 1.807) is 12.4 Å². The number of nitrogens with one attached hydrogen (secondary N) is 3. The van der Waals surface area contributed by atoms with Crippen LogP contribution in [0.5, 0.6) is 5.75 Å². The minimum absolute atomic E-state index is 0.381. The van der Waals surface area contributed by atoms with Gasteiger partial charge in [-0.2, -0.15) is 5.10 Å². The molecule has 10 nitrogen and oxygen atoms in total. The zero-order valence-electron chi connectivity index (χ0n) is 24.6. The van der Waals surface area contributed by atoms with E-state index in [2.05, 4.69) is 42.6 Å². The van der Waals surface area contributed by atoms with Crippen molar-refractivity contribution in [2.45, 2.75) is 12.8 Å². The second-order valence-electron chi connectivity index (χ2n) is 11.4. The normalized spacial score (nSPS) is 13.3. The van der Waals surface area contributed by atoms with Crippen LogP contribution < -0.4 is 10.1 Å². The fourth-order valence-electron chi connectivity index (χ4n) is 5.12. The maximum atomic E-state index is 14.7. The minimum atomic E-state index is -0.381. The third kappa shape index (κ3) is 6.10. The first-order chi connectivity index (χ1) is 21.5. The first-order valence-corrected chi connectivity index (χ1v) is 14.7. The number of H-pyrrole nitrogens is 2. The predicted molar refractivity (Wildman–Crippen MR) is 169 cm³/mol. The van der Waals surface area contributed by atoms with Gasteiger partial charge in [0.15, 0.2) is 11.5 Å². The Balaban J connectivity index is 1.18. The molecular formula is C33H33FN8O2. The first-order valence-electron chi connectivity index (χ1n) is 14.7. The predicted octanol–water partition coefficient (Wildman–Crippen LogP) is 6.11. The van der Waals surface area contributed by atoms with Gasteiger partial charge in [0.2, 0.25) is 0 Å². The Morgan fingerprint density at radius 1 is 1.02 bits per heavy atom. The number of aromatic nitrogens is 6. The first kappa shape index (κ1) is 27.9. The van der Waals surface area contributed by atoms with Crippen LogP contribution >= 0.6 is 0 Å². The lowest BCUT2D eigenvalue weighted by molar-refractivity contribution is 0.141. The summed E-state index contributed by atoms with van der Waals surface area (Å²) in [7, 11) is 3.93. The Bertz CT molecular complexity index is 1930. The van der Waals surface area contributed by atoms with Gasteiger partial charge in [0.25, 0.3) is 0 Å². The lowest BCUT2D eigenvalue weighted by Gasteiger charge is -2.12. The van der Waals surface area contributed by atoms with Gasteiger partial charge in [0, 0.05) is 41.5 Å². The Hall–Kier alpha value is -4.87. The molecule has 1 fully saturated rings. The highest BCUT2D eigenvalue weighted by Gasteiger charge is 2.21. The van der Waals surface area contributed by atoms with Crippen molar-refractivity contribution in [1.82, 2.24) is 35.0 Å². The van der Waals surface area contributed by atoms with Crippen LogP contribution in [0.2, 0.25) is 0 Å². The number of hydrogen-bond acceptors (Lipinski definition) is 8. The lowest BCUT2D eigenvalue weighted by atomic mass is 10.0. The van der Waals surface area contributed by atoms with Crippen LogP contribution in [0.15, 0.2) is 67.1 Å². The second-order valence-corrected chi connectivity index (χ2v) is 11.4. The summed E-state index contributed by atoms with van der Waals surface area (Å²) >= 11 is 0. The molecule has 0 amide bonds. The molecule has 1 saturated carbocycles. The van der Waals surface area contributed by atoms with E-state index in [1.165, 1.54) is 25.0 Å². The SMILES string of the molecule is CN(C)CCOc1cc(F)cc(-c2ccnc3[nH]c(-c4n[nH]c5ccc(-c6cncc(NCOCC7CC7)c6)cc45)nc23)c1. The topological polar surface area (TPSA) is 117 Å². The molecule has 2 aromatic carbocycles. The zero-order chi connectivity index (χ0) is 30.0. The van der Waals surface area contributed by atoms with Crippen LogP contribution in [0.1, 0.15) is 12.8 Å². The van der Waals surface area contributed by atoms with E-state index in [1.807, 2.05) is 49.5 Å². The highest BCUT2D eigenvalue weighted by atomic mass is 19.1. The highest BCUT2D eigenvalue weighted by molar-refractivity contribution is 5.97. The Kier molecular flexibility index (Phi) is 7.63. The van der Waals surface area contributed by atoms with Crippen LogP contribution in [-0.2, 0) is 4.74 Å². The number of halogens is 1. The van der Waals surface area contributed by atoms with Gasteiger partial charge in [-0.15, -0.1) is 0 Å². The minimum Gasteiger partial charge on any atom is -0.492 e. The molecule has 1 aliphatic rings. The third-order valence-corrected chi connectivity index (χ3v) is 7.66. The standard InChI is InChI=1S/C33H33FN8O2/c1-42(2)9-10-44-26-13-22(11-24(34)15-26)27-7-8-36-32-30(27)38-33(39-32)31-28-14-21(5-6-29(28)40-41-31)23-12-25(17-35-16-23)37-19-43-18-20-3-4-20/h5-8,11-17,20,37H,3-4,9-10,18-19H2,1-2H3,(H,40,41)(H,36,38,39). The van der Waals surface area contributed by atoms with Crippen molar-refractivity contribution >= 4 is 27.8 Å². The number of aromatic amines is 2. The van der Waals surface area contributed by atoms with Gasteiger partial charge in [-0.25, -0.2) is 14.4 Å². The van der Waals surface area contributed by atoms with Crippen molar-refractivity contribution in [2.24, 2.45) is 5.92 Å². The quantitative estimate of drug-likeness (QED) is 0.115. The molecule has 0 saturated heterocycles. The zero-order valence-corrected chi connectivity index (χ0v) is 24.6. The van der Waals surface area contributed by atoms with Gasteiger partial charge in [0.05, 0.1) is 24.0 Å². The van der Waals surface area contributed by atoms with Gasteiger partial charge in [0.1, 0.15) is 36.1 Å². The number of benzene rings is 2. The van der Waals surface area contributed by atoms with E-state index in [-0.39, 0.29) is 5.82 Å². The second kappa shape index (κ2) is 12.0. The number of likely N-dealkylation sites (N-methyl/N-ethyl adjacent to an activating group) is 1. The molecule has 11 heteroatoms. The van der Waals surface area contributed by atoms with E-state index in [4.69, 9.17) is 14.5 Å². The highest BCUT2D eigenvalue weighted by Crippen LogP contribution is 2.34. The molecule has 3 N–H and O–H groups in total. The Morgan fingerprint density at radius 3 is 2.80 bits per heavy atom. The number of imidazole rings is 1. The molecule has 224 valence electrons. The van der Waals surface area contributed by atoms with Crippen molar-refractivity contribution in [3.63, 3.8) is 0 Å². The molecular weight excluding hydrogens is 559 g/mol. The molecule has 6 aromatic rings. The van der Waals surface area contributed by atoms with Crippen LogP contribution in [-0.4, -0.2) is 75.6 Å². The molecule has 0 spiro atoms. The number of fused-ring (bicyclic) bond motifs is 2. The number of hydrogen-bond donors (Lipinski definition) is 3.